The fraction of sp³-hybridized carbons (Fsp3) is 0.389. The minimum Gasteiger partial charge on any atom is -0.309 e. The van der Waals surface area contributed by atoms with Gasteiger partial charge in [-0.15, -0.1) is 10.2 Å². The third kappa shape index (κ3) is 3.32. The van der Waals surface area contributed by atoms with Gasteiger partial charge in [-0.2, -0.15) is 5.10 Å². The van der Waals surface area contributed by atoms with E-state index in [4.69, 9.17) is 0 Å². The first-order chi connectivity index (χ1) is 12.2. The molecule has 1 N–H and O–H groups in total. The molecule has 130 valence electrons. The van der Waals surface area contributed by atoms with Gasteiger partial charge in [0, 0.05) is 49.4 Å². The fourth-order valence-electron chi connectivity index (χ4n) is 3.24. The van der Waals surface area contributed by atoms with Crippen molar-refractivity contribution in [2.75, 3.05) is 0 Å². The summed E-state index contributed by atoms with van der Waals surface area (Å²) in [5, 5.41) is 16.5. The lowest BCUT2D eigenvalue weighted by Crippen LogP contribution is -2.37. The van der Waals surface area contributed by atoms with E-state index in [2.05, 4.69) is 38.3 Å². The van der Waals surface area contributed by atoms with E-state index in [1.54, 1.807) is 12.1 Å². The van der Waals surface area contributed by atoms with Crippen LogP contribution in [0.25, 0.3) is 11.4 Å². The minimum absolute atomic E-state index is 0.241. The number of benzene rings is 1. The molecular formula is C18H21FN6. The smallest absolute Gasteiger partial charge is 0.164 e. The molecule has 0 bridgehead atoms. The van der Waals surface area contributed by atoms with Crippen LogP contribution >= 0.6 is 0 Å². The van der Waals surface area contributed by atoms with Crippen molar-refractivity contribution in [1.29, 1.82) is 0 Å². The second-order valence-electron chi connectivity index (χ2n) is 6.38. The van der Waals surface area contributed by atoms with Crippen LogP contribution in [-0.2, 0) is 26.1 Å². The lowest BCUT2D eigenvalue weighted by atomic mass is 10.1. The number of hydrogen-bond acceptors (Lipinski definition) is 4. The first-order valence-corrected chi connectivity index (χ1v) is 8.65. The summed E-state index contributed by atoms with van der Waals surface area (Å²) in [6.07, 6.45) is 5.90. The molecule has 1 aliphatic heterocycles. The van der Waals surface area contributed by atoms with Crippen LogP contribution in [0, 0.1) is 5.82 Å². The van der Waals surface area contributed by atoms with Gasteiger partial charge in [-0.3, -0.25) is 4.68 Å². The molecule has 25 heavy (non-hydrogen) atoms. The van der Waals surface area contributed by atoms with Crippen LogP contribution < -0.4 is 5.32 Å². The third-order valence-electron chi connectivity index (χ3n) is 4.65. The normalized spacial score (nSPS) is 16.8. The molecule has 4 rings (SSSR count). The van der Waals surface area contributed by atoms with Gasteiger partial charge in [0.15, 0.2) is 5.82 Å². The Balaban J connectivity index is 1.46. The van der Waals surface area contributed by atoms with Crippen LogP contribution in [0.1, 0.15) is 24.7 Å². The molecule has 0 fully saturated rings. The summed E-state index contributed by atoms with van der Waals surface area (Å²) in [5.41, 5.74) is 2.08. The van der Waals surface area contributed by atoms with E-state index in [0.29, 0.717) is 6.04 Å². The average Bonchev–Trinajstić information content (AvgIpc) is 3.27. The van der Waals surface area contributed by atoms with Gasteiger partial charge in [0.1, 0.15) is 11.6 Å². The quantitative estimate of drug-likeness (QED) is 0.775. The van der Waals surface area contributed by atoms with Crippen LogP contribution in [0.3, 0.4) is 0 Å². The van der Waals surface area contributed by atoms with Crippen LogP contribution in [0.15, 0.2) is 36.7 Å². The van der Waals surface area contributed by atoms with E-state index in [0.717, 1.165) is 49.7 Å². The number of halogens is 1. The summed E-state index contributed by atoms with van der Waals surface area (Å²) >= 11 is 0. The zero-order chi connectivity index (χ0) is 17.2. The molecule has 0 amide bonds. The maximum atomic E-state index is 13.2. The lowest BCUT2D eigenvalue weighted by molar-refractivity contribution is 0.381. The van der Waals surface area contributed by atoms with Gasteiger partial charge >= 0.3 is 0 Å². The highest BCUT2D eigenvalue weighted by atomic mass is 19.1. The molecule has 1 aromatic carbocycles. The third-order valence-corrected chi connectivity index (χ3v) is 4.65. The lowest BCUT2D eigenvalue weighted by Gasteiger charge is -2.25. The van der Waals surface area contributed by atoms with E-state index in [1.165, 1.54) is 17.7 Å². The topological polar surface area (TPSA) is 60.6 Å². The molecule has 1 aliphatic rings. The van der Waals surface area contributed by atoms with Crippen molar-refractivity contribution in [3.8, 4) is 11.4 Å². The van der Waals surface area contributed by atoms with Gasteiger partial charge in [-0.05, 0) is 37.6 Å². The number of aromatic nitrogens is 5. The van der Waals surface area contributed by atoms with Crippen molar-refractivity contribution in [2.24, 2.45) is 0 Å². The Hall–Kier alpha value is -2.54. The Bertz CT molecular complexity index is 851. The Morgan fingerprint density at radius 3 is 2.84 bits per heavy atom. The molecule has 6 nitrogen and oxygen atoms in total. The summed E-state index contributed by atoms with van der Waals surface area (Å²) in [4.78, 5) is 0. The fourth-order valence-corrected chi connectivity index (χ4v) is 3.24. The van der Waals surface area contributed by atoms with E-state index >= 15 is 0 Å². The van der Waals surface area contributed by atoms with Gasteiger partial charge < -0.3 is 9.88 Å². The van der Waals surface area contributed by atoms with Gasteiger partial charge in [-0.25, -0.2) is 4.39 Å². The summed E-state index contributed by atoms with van der Waals surface area (Å²) in [6, 6.07) is 6.78. The second-order valence-corrected chi connectivity index (χ2v) is 6.38. The van der Waals surface area contributed by atoms with Crippen molar-refractivity contribution >= 4 is 0 Å². The monoisotopic (exact) mass is 340 g/mol. The Kier molecular flexibility index (Phi) is 4.31. The predicted octanol–water partition coefficient (Wildman–Crippen LogP) is 2.41. The Morgan fingerprint density at radius 1 is 1.24 bits per heavy atom. The molecular weight excluding hydrogens is 319 g/mol. The standard InChI is InChI=1S/C18H21FN6/c1-2-24-11-13(10-21-24)9-20-16-7-8-17-22-23-18(25(17)12-16)14-3-5-15(19)6-4-14/h3-6,10-11,16,20H,2,7-9,12H2,1H3/t16-/m0/s1. The van der Waals surface area contributed by atoms with Gasteiger partial charge in [0.25, 0.3) is 0 Å². The number of hydrogen-bond donors (Lipinski definition) is 1. The number of rotatable bonds is 5. The molecule has 3 heterocycles. The zero-order valence-electron chi connectivity index (χ0n) is 14.2. The van der Waals surface area contributed by atoms with Gasteiger partial charge in [0.05, 0.1) is 6.20 Å². The van der Waals surface area contributed by atoms with Gasteiger partial charge in [0.2, 0.25) is 0 Å². The van der Waals surface area contributed by atoms with Crippen molar-refractivity contribution in [1.82, 2.24) is 29.9 Å². The largest absolute Gasteiger partial charge is 0.309 e. The van der Waals surface area contributed by atoms with Crippen molar-refractivity contribution in [3.63, 3.8) is 0 Å². The summed E-state index contributed by atoms with van der Waals surface area (Å²) in [5.74, 6) is 1.56. The highest BCUT2D eigenvalue weighted by molar-refractivity contribution is 5.55. The van der Waals surface area contributed by atoms with E-state index in [9.17, 15) is 4.39 Å². The first kappa shape index (κ1) is 16.0. The minimum atomic E-state index is -0.241. The summed E-state index contributed by atoms with van der Waals surface area (Å²) in [7, 11) is 0. The molecule has 2 aromatic heterocycles. The average molecular weight is 340 g/mol. The molecule has 0 spiro atoms. The van der Waals surface area contributed by atoms with Crippen LogP contribution in [0.5, 0.6) is 0 Å². The molecule has 0 aliphatic carbocycles. The molecule has 1 atom stereocenters. The van der Waals surface area contributed by atoms with E-state index < -0.39 is 0 Å². The number of nitrogens with zero attached hydrogens (tertiary/aromatic N) is 5. The second kappa shape index (κ2) is 6.76. The molecule has 0 radical (unpaired) electrons. The first-order valence-electron chi connectivity index (χ1n) is 8.65. The molecule has 0 saturated heterocycles. The highest BCUT2D eigenvalue weighted by Gasteiger charge is 2.23. The van der Waals surface area contributed by atoms with Crippen molar-refractivity contribution in [3.05, 3.63) is 53.9 Å². The Labute approximate surface area is 145 Å². The summed E-state index contributed by atoms with van der Waals surface area (Å²) in [6.45, 7) is 4.58. The van der Waals surface area contributed by atoms with Crippen molar-refractivity contribution in [2.45, 2.75) is 45.4 Å². The molecule has 0 saturated carbocycles. The van der Waals surface area contributed by atoms with Crippen LogP contribution in [0.4, 0.5) is 4.39 Å². The van der Waals surface area contributed by atoms with Gasteiger partial charge in [-0.1, -0.05) is 0 Å². The van der Waals surface area contributed by atoms with Crippen molar-refractivity contribution < 1.29 is 4.39 Å². The number of aryl methyl sites for hydroxylation is 2. The highest BCUT2D eigenvalue weighted by Crippen LogP contribution is 2.23. The maximum absolute atomic E-state index is 13.2. The predicted molar refractivity (Wildman–Crippen MR) is 92.3 cm³/mol. The molecule has 0 unspecified atom stereocenters. The van der Waals surface area contributed by atoms with E-state index in [1.807, 2.05) is 10.9 Å². The maximum Gasteiger partial charge on any atom is 0.164 e. The number of nitrogens with one attached hydrogen (secondary N) is 1. The van der Waals surface area contributed by atoms with E-state index in [-0.39, 0.29) is 5.82 Å². The summed E-state index contributed by atoms with van der Waals surface area (Å²) < 4.78 is 17.2. The number of fused-ring (bicyclic) bond motifs is 1. The Morgan fingerprint density at radius 2 is 2.08 bits per heavy atom. The van der Waals surface area contributed by atoms with Crippen LogP contribution in [-0.4, -0.2) is 30.6 Å². The SMILES string of the molecule is CCn1cc(CN[C@H]2CCc3nnc(-c4ccc(F)cc4)n3C2)cn1. The van der Waals surface area contributed by atoms with Crippen LogP contribution in [0.2, 0.25) is 0 Å². The molecule has 7 heteroatoms. The molecule has 3 aromatic rings. The zero-order valence-corrected chi connectivity index (χ0v) is 14.2.